The number of benzene rings is 1. The van der Waals surface area contributed by atoms with Crippen molar-refractivity contribution < 1.29 is 14.8 Å². The predicted molar refractivity (Wildman–Crippen MR) is 75.8 cm³/mol. The van der Waals surface area contributed by atoms with Crippen LogP contribution in [0.3, 0.4) is 0 Å². The van der Waals surface area contributed by atoms with Gasteiger partial charge in [0.25, 0.3) is 5.69 Å². The van der Waals surface area contributed by atoms with Gasteiger partial charge in [-0.25, -0.2) is 4.79 Å². The van der Waals surface area contributed by atoms with Crippen molar-refractivity contribution in [2.45, 2.75) is 19.3 Å². The molecular weight excluding hydrogens is 260 g/mol. The Bertz CT molecular complexity index is 548. The first-order chi connectivity index (χ1) is 9.58. The van der Waals surface area contributed by atoms with E-state index in [1.807, 2.05) is 0 Å². The first-order valence-electron chi connectivity index (χ1n) is 6.52. The number of piperidine rings is 1. The maximum Gasteiger partial charge on any atom is 0.328 e. The summed E-state index contributed by atoms with van der Waals surface area (Å²) in [5, 5.41) is 19.6. The van der Waals surface area contributed by atoms with Gasteiger partial charge in [-0.3, -0.25) is 10.1 Å². The van der Waals surface area contributed by atoms with Gasteiger partial charge in [0.2, 0.25) is 0 Å². The molecule has 0 amide bonds. The molecule has 1 heterocycles. The van der Waals surface area contributed by atoms with Crippen LogP contribution in [0.15, 0.2) is 24.3 Å². The van der Waals surface area contributed by atoms with Gasteiger partial charge < -0.3 is 10.0 Å². The number of rotatable bonds is 4. The lowest BCUT2D eigenvalue weighted by atomic mass is 10.1. The second-order valence-electron chi connectivity index (χ2n) is 4.72. The van der Waals surface area contributed by atoms with E-state index in [-0.39, 0.29) is 5.69 Å². The Kier molecular flexibility index (Phi) is 4.34. The summed E-state index contributed by atoms with van der Waals surface area (Å²) in [5.41, 5.74) is 1.40. The third kappa shape index (κ3) is 3.34. The van der Waals surface area contributed by atoms with Crippen molar-refractivity contribution in [1.29, 1.82) is 0 Å². The van der Waals surface area contributed by atoms with Crippen LogP contribution in [0, 0.1) is 10.1 Å². The number of aliphatic carboxylic acids is 1. The largest absolute Gasteiger partial charge is 0.478 e. The number of nitro benzene ring substituents is 1. The van der Waals surface area contributed by atoms with E-state index in [0.29, 0.717) is 5.56 Å². The smallest absolute Gasteiger partial charge is 0.328 e. The summed E-state index contributed by atoms with van der Waals surface area (Å²) in [6.45, 7) is 1.79. The van der Waals surface area contributed by atoms with E-state index >= 15 is 0 Å². The average molecular weight is 276 g/mol. The molecule has 6 heteroatoms. The van der Waals surface area contributed by atoms with Crippen LogP contribution in [-0.4, -0.2) is 29.1 Å². The summed E-state index contributed by atoms with van der Waals surface area (Å²) in [4.78, 5) is 23.1. The summed E-state index contributed by atoms with van der Waals surface area (Å²) in [7, 11) is 0. The number of anilines is 1. The fourth-order valence-electron chi connectivity index (χ4n) is 2.37. The highest BCUT2D eigenvalue weighted by atomic mass is 16.6. The van der Waals surface area contributed by atoms with Crippen molar-refractivity contribution in [3.8, 4) is 0 Å². The Morgan fingerprint density at radius 2 is 2.00 bits per heavy atom. The molecule has 1 aromatic carbocycles. The maximum absolute atomic E-state index is 10.8. The van der Waals surface area contributed by atoms with E-state index in [1.165, 1.54) is 24.6 Å². The molecule has 0 aliphatic carbocycles. The quantitative estimate of drug-likeness (QED) is 0.519. The lowest BCUT2D eigenvalue weighted by molar-refractivity contribution is -0.384. The van der Waals surface area contributed by atoms with Gasteiger partial charge in [-0.1, -0.05) is 0 Å². The van der Waals surface area contributed by atoms with Crippen molar-refractivity contribution in [3.05, 3.63) is 40.0 Å². The zero-order valence-electron chi connectivity index (χ0n) is 11.0. The molecule has 2 rings (SSSR count). The minimum atomic E-state index is -1.07. The summed E-state index contributed by atoms with van der Waals surface area (Å²) < 4.78 is 0. The lowest BCUT2D eigenvalue weighted by Crippen LogP contribution is -2.29. The SMILES string of the molecule is O=C(O)C=Cc1cc([N+](=O)[O-])ccc1N1CCCCC1. The van der Waals surface area contributed by atoms with Gasteiger partial charge >= 0.3 is 5.97 Å². The highest BCUT2D eigenvalue weighted by Crippen LogP contribution is 2.28. The van der Waals surface area contributed by atoms with Gasteiger partial charge in [-0.15, -0.1) is 0 Å². The molecule has 1 aliphatic rings. The third-order valence-electron chi connectivity index (χ3n) is 3.32. The van der Waals surface area contributed by atoms with Gasteiger partial charge in [-0.05, 0) is 31.4 Å². The zero-order valence-corrected chi connectivity index (χ0v) is 11.0. The Hall–Kier alpha value is -2.37. The van der Waals surface area contributed by atoms with Crippen LogP contribution in [0.1, 0.15) is 24.8 Å². The molecule has 1 fully saturated rings. The standard InChI is InChI=1S/C14H16N2O4/c17-14(18)7-4-11-10-12(16(19)20)5-6-13(11)15-8-2-1-3-9-15/h4-7,10H,1-3,8-9H2,(H,17,18). The molecule has 106 valence electrons. The van der Waals surface area contributed by atoms with E-state index in [0.717, 1.165) is 37.7 Å². The highest BCUT2D eigenvalue weighted by Gasteiger charge is 2.16. The number of hydrogen-bond acceptors (Lipinski definition) is 4. The van der Waals surface area contributed by atoms with E-state index in [9.17, 15) is 14.9 Å². The summed E-state index contributed by atoms with van der Waals surface area (Å²) in [6, 6.07) is 4.58. The molecular formula is C14H16N2O4. The number of carbonyl (C=O) groups is 1. The van der Waals surface area contributed by atoms with Crippen LogP contribution in [-0.2, 0) is 4.79 Å². The van der Waals surface area contributed by atoms with Crippen molar-refractivity contribution in [1.82, 2.24) is 0 Å². The topological polar surface area (TPSA) is 83.7 Å². The number of carboxylic acid groups (broad SMARTS) is 1. The monoisotopic (exact) mass is 276 g/mol. The minimum Gasteiger partial charge on any atom is -0.478 e. The van der Waals surface area contributed by atoms with Crippen molar-refractivity contribution >= 4 is 23.4 Å². The second-order valence-corrected chi connectivity index (χ2v) is 4.72. The van der Waals surface area contributed by atoms with Gasteiger partial charge in [0.1, 0.15) is 0 Å². The molecule has 1 saturated heterocycles. The highest BCUT2D eigenvalue weighted by molar-refractivity contribution is 5.87. The molecule has 0 saturated carbocycles. The lowest BCUT2D eigenvalue weighted by Gasteiger charge is -2.30. The van der Waals surface area contributed by atoms with Crippen molar-refractivity contribution in [2.75, 3.05) is 18.0 Å². The molecule has 0 atom stereocenters. The molecule has 1 aliphatic heterocycles. The fourth-order valence-corrected chi connectivity index (χ4v) is 2.37. The molecule has 0 aromatic heterocycles. The fraction of sp³-hybridized carbons (Fsp3) is 0.357. The average Bonchev–Trinajstić information content (AvgIpc) is 2.45. The molecule has 20 heavy (non-hydrogen) atoms. The second kappa shape index (κ2) is 6.18. The normalized spacial score (nSPS) is 15.5. The van der Waals surface area contributed by atoms with Crippen LogP contribution in [0.2, 0.25) is 0 Å². The number of nitrogens with zero attached hydrogens (tertiary/aromatic N) is 2. The third-order valence-corrected chi connectivity index (χ3v) is 3.32. The Balaban J connectivity index is 2.38. The molecule has 0 bridgehead atoms. The van der Waals surface area contributed by atoms with Gasteiger partial charge in [-0.2, -0.15) is 0 Å². The van der Waals surface area contributed by atoms with Gasteiger partial charge in [0, 0.05) is 42.5 Å². The minimum absolute atomic E-state index is 0.0317. The molecule has 0 radical (unpaired) electrons. The van der Waals surface area contributed by atoms with Gasteiger partial charge in [0.05, 0.1) is 4.92 Å². The van der Waals surface area contributed by atoms with Gasteiger partial charge in [0.15, 0.2) is 0 Å². The first kappa shape index (κ1) is 14.0. The van der Waals surface area contributed by atoms with Crippen LogP contribution in [0.25, 0.3) is 6.08 Å². The summed E-state index contributed by atoms with van der Waals surface area (Å²) in [6.07, 6.45) is 5.77. The van der Waals surface area contributed by atoms with Crippen molar-refractivity contribution in [2.24, 2.45) is 0 Å². The van der Waals surface area contributed by atoms with Crippen molar-refractivity contribution in [3.63, 3.8) is 0 Å². The summed E-state index contributed by atoms with van der Waals surface area (Å²) >= 11 is 0. The maximum atomic E-state index is 10.8. The predicted octanol–water partition coefficient (Wildman–Crippen LogP) is 2.68. The van der Waals surface area contributed by atoms with Crippen LogP contribution < -0.4 is 4.90 Å². The Morgan fingerprint density at radius 3 is 2.60 bits per heavy atom. The van der Waals surface area contributed by atoms with E-state index in [2.05, 4.69) is 4.90 Å². The van der Waals surface area contributed by atoms with Crippen LogP contribution in [0.4, 0.5) is 11.4 Å². The Labute approximate surface area is 116 Å². The number of carboxylic acids is 1. The van der Waals surface area contributed by atoms with E-state index in [4.69, 9.17) is 5.11 Å². The molecule has 1 aromatic rings. The zero-order chi connectivity index (χ0) is 14.5. The Morgan fingerprint density at radius 1 is 1.30 bits per heavy atom. The number of hydrogen-bond donors (Lipinski definition) is 1. The van der Waals surface area contributed by atoms with E-state index < -0.39 is 10.9 Å². The molecule has 0 unspecified atom stereocenters. The number of non-ortho nitro benzene ring substituents is 1. The number of nitro groups is 1. The van der Waals surface area contributed by atoms with Crippen LogP contribution in [0.5, 0.6) is 0 Å². The van der Waals surface area contributed by atoms with E-state index in [1.54, 1.807) is 6.07 Å². The molecule has 6 nitrogen and oxygen atoms in total. The first-order valence-corrected chi connectivity index (χ1v) is 6.52. The molecule has 1 N–H and O–H groups in total. The summed E-state index contributed by atoms with van der Waals surface area (Å²) in [5.74, 6) is -1.07. The molecule has 0 spiro atoms. The van der Waals surface area contributed by atoms with Crippen LogP contribution >= 0.6 is 0 Å².